The van der Waals surface area contributed by atoms with Gasteiger partial charge in [0.2, 0.25) is 0 Å². The summed E-state index contributed by atoms with van der Waals surface area (Å²) in [5.41, 5.74) is -2.77. The zero-order valence-corrected chi connectivity index (χ0v) is 18.5. The van der Waals surface area contributed by atoms with E-state index in [0.29, 0.717) is 21.5 Å². The number of nitrogens with zero attached hydrogens (tertiary/aromatic N) is 2. The predicted octanol–water partition coefficient (Wildman–Crippen LogP) is 6.08. The molecule has 0 saturated heterocycles. The Balaban J connectivity index is 1.75. The maximum atomic E-state index is 13.9. The highest BCUT2D eigenvalue weighted by molar-refractivity contribution is 9.10. The summed E-state index contributed by atoms with van der Waals surface area (Å²) in [6.45, 7) is 0. The summed E-state index contributed by atoms with van der Waals surface area (Å²) in [5.74, 6) is 0.379. The van der Waals surface area contributed by atoms with Gasteiger partial charge < -0.3 is 9.79 Å². The van der Waals surface area contributed by atoms with Crippen LogP contribution in [0.25, 0.3) is 11.3 Å². The Hall–Kier alpha value is -1.35. The van der Waals surface area contributed by atoms with E-state index in [1.807, 2.05) is 12.1 Å². The lowest BCUT2D eigenvalue weighted by atomic mass is 10.1. The number of alkyl halides is 2. The standard InChI is InChI=1S/C18H13BrClF2N2O3PS/c19-15-9-11(1-6-14(15)18(21,22)28(25,26)27)10-29-17-23-8-7-16(24-17)12-2-4-13(20)5-3-12/h1-9H,10H2,(H2,25,26,27). The van der Waals surface area contributed by atoms with Gasteiger partial charge in [0.15, 0.2) is 5.16 Å². The average molecular weight is 522 g/mol. The maximum absolute atomic E-state index is 13.9. The first-order valence-corrected chi connectivity index (χ1v) is 11.8. The van der Waals surface area contributed by atoms with E-state index >= 15 is 0 Å². The molecule has 0 saturated carbocycles. The van der Waals surface area contributed by atoms with E-state index < -0.39 is 18.8 Å². The number of hydrogen-bond acceptors (Lipinski definition) is 4. The third-order valence-electron chi connectivity index (χ3n) is 3.86. The lowest BCUT2D eigenvalue weighted by Crippen LogP contribution is -2.14. The second-order valence-corrected chi connectivity index (χ2v) is 9.80. The molecule has 2 N–H and O–H groups in total. The average Bonchev–Trinajstić information content (AvgIpc) is 2.66. The number of benzene rings is 2. The van der Waals surface area contributed by atoms with Crippen LogP contribution in [-0.4, -0.2) is 19.8 Å². The molecule has 11 heteroatoms. The topological polar surface area (TPSA) is 83.3 Å². The van der Waals surface area contributed by atoms with Gasteiger partial charge in [-0.05, 0) is 29.8 Å². The van der Waals surface area contributed by atoms with Crippen LogP contribution in [0.4, 0.5) is 8.78 Å². The van der Waals surface area contributed by atoms with Gasteiger partial charge in [-0.3, -0.25) is 4.57 Å². The summed E-state index contributed by atoms with van der Waals surface area (Å²) in [6, 6.07) is 12.8. The normalized spacial score (nSPS) is 12.2. The highest BCUT2D eigenvalue weighted by Crippen LogP contribution is 2.60. The summed E-state index contributed by atoms with van der Waals surface area (Å²) >= 11 is 10.2. The number of hydrogen-bond donors (Lipinski definition) is 2. The van der Waals surface area contributed by atoms with Crippen molar-refractivity contribution in [1.82, 2.24) is 9.97 Å². The number of rotatable bonds is 6. The van der Waals surface area contributed by atoms with E-state index in [9.17, 15) is 13.3 Å². The van der Waals surface area contributed by atoms with Crippen LogP contribution in [-0.2, 0) is 16.0 Å². The third-order valence-corrected chi connectivity index (χ3v) is 6.68. The first-order chi connectivity index (χ1) is 13.6. The minimum absolute atomic E-state index is 0.0836. The molecule has 3 aromatic rings. The molecule has 0 aliphatic carbocycles. The number of thioether (sulfide) groups is 1. The number of halogens is 4. The van der Waals surface area contributed by atoms with Crippen LogP contribution in [0.15, 0.2) is 64.4 Å². The molecule has 0 aliphatic heterocycles. The SMILES string of the molecule is O=P(O)(O)C(F)(F)c1ccc(CSc2nccc(-c3ccc(Cl)cc3)n2)cc1Br. The molecule has 152 valence electrons. The van der Waals surface area contributed by atoms with Crippen LogP contribution in [0.2, 0.25) is 5.02 Å². The molecule has 29 heavy (non-hydrogen) atoms. The van der Waals surface area contributed by atoms with E-state index in [-0.39, 0.29) is 4.47 Å². The summed E-state index contributed by atoms with van der Waals surface area (Å²) in [6.07, 6.45) is 1.62. The van der Waals surface area contributed by atoms with Gasteiger partial charge in [-0.1, -0.05) is 63.6 Å². The van der Waals surface area contributed by atoms with Gasteiger partial charge in [-0.25, -0.2) is 9.97 Å². The van der Waals surface area contributed by atoms with Crippen molar-refractivity contribution in [3.63, 3.8) is 0 Å². The zero-order valence-electron chi connectivity index (χ0n) is 14.5. The summed E-state index contributed by atoms with van der Waals surface area (Å²) in [7, 11) is -5.63. The molecular weight excluding hydrogens is 509 g/mol. The van der Waals surface area contributed by atoms with Crippen molar-refractivity contribution in [3.05, 3.63) is 75.4 Å². The maximum Gasteiger partial charge on any atom is 0.399 e. The highest BCUT2D eigenvalue weighted by atomic mass is 79.9. The first kappa shape index (κ1) is 22.3. The van der Waals surface area contributed by atoms with Crippen molar-refractivity contribution in [2.24, 2.45) is 0 Å². The Morgan fingerprint density at radius 3 is 2.45 bits per heavy atom. The molecule has 1 heterocycles. The molecule has 0 atom stereocenters. The Labute approximate surface area is 182 Å². The molecule has 2 aromatic carbocycles. The second kappa shape index (κ2) is 8.79. The minimum atomic E-state index is -5.63. The molecule has 0 bridgehead atoms. The van der Waals surface area contributed by atoms with Crippen LogP contribution in [0, 0.1) is 0 Å². The van der Waals surface area contributed by atoms with Gasteiger partial charge in [0.25, 0.3) is 0 Å². The molecule has 0 radical (unpaired) electrons. The molecule has 5 nitrogen and oxygen atoms in total. The van der Waals surface area contributed by atoms with Crippen LogP contribution < -0.4 is 0 Å². The largest absolute Gasteiger partial charge is 0.399 e. The summed E-state index contributed by atoms with van der Waals surface area (Å²) in [4.78, 5) is 26.5. The van der Waals surface area contributed by atoms with Gasteiger partial charge in [0.1, 0.15) is 0 Å². The predicted molar refractivity (Wildman–Crippen MR) is 112 cm³/mol. The van der Waals surface area contributed by atoms with Crippen LogP contribution in [0.1, 0.15) is 11.1 Å². The van der Waals surface area contributed by atoms with Gasteiger partial charge >= 0.3 is 13.3 Å². The van der Waals surface area contributed by atoms with Crippen LogP contribution >= 0.6 is 46.9 Å². The summed E-state index contributed by atoms with van der Waals surface area (Å²) < 4.78 is 38.8. The summed E-state index contributed by atoms with van der Waals surface area (Å²) in [5, 5.41) is 1.12. The molecular formula is C18H13BrClF2N2O3PS. The van der Waals surface area contributed by atoms with Gasteiger partial charge in [0.05, 0.1) is 5.69 Å². The monoisotopic (exact) mass is 520 g/mol. The van der Waals surface area contributed by atoms with Gasteiger partial charge in [-0.15, -0.1) is 0 Å². The molecule has 0 spiro atoms. The van der Waals surface area contributed by atoms with Crippen LogP contribution in [0.5, 0.6) is 0 Å². The lowest BCUT2D eigenvalue weighted by molar-refractivity contribution is 0.0557. The van der Waals surface area contributed by atoms with Gasteiger partial charge in [-0.2, -0.15) is 8.78 Å². The van der Waals surface area contributed by atoms with E-state index in [0.717, 1.165) is 17.3 Å². The zero-order chi connectivity index (χ0) is 21.2. The van der Waals surface area contributed by atoms with Crippen molar-refractivity contribution in [2.45, 2.75) is 16.6 Å². The fourth-order valence-corrected chi connectivity index (χ4v) is 4.63. The van der Waals surface area contributed by atoms with E-state index in [2.05, 4.69) is 25.9 Å². The van der Waals surface area contributed by atoms with Crippen molar-refractivity contribution < 1.29 is 23.1 Å². The fraction of sp³-hybridized carbons (Fsp3) is 0.111. The first-order valence-electron chi connectivity index (χ1n) is 8.02. The second-order valence-electron chi connectivity index (χ2n) is 5.92. The molecule has 1 aromatic heterocycles. The third kappa shape index (κ3) is 5.23. The molecule has 3 rings (SSSR count). The quantitative estimate of drug-likeness (QED) is 0.232. The van der Waals surface area contributed by atoms with Gasteiger partial charge in [0, 0.05) is 32.6 Å². The molecule has 0 fully saturated rings. The van der Waals surface area contributed by atoms with Crippen molar-refractivity contribution in [3.8, 4) is 11.3 Å². The Kier molecular flexibility index (Phi) is 6.77. The highest BCUT2D eigenvalue weighted by Gasteiger charge is 2.51. The van der Waals surface area contributed by atoms with Crippen molar-refractivity contribution >= 4 is 46.9 Å². The van der Waals surface area contributed by atoms with E-state index in [1.165, 1.54) is 23.9 Å². The van der Waals surface area contributed by atoms with Crippen molar-refractivity contribution in [1.29, 1.82) is 0 Å². The minimum Gasteiger partial charge on any atom is -0.320 e. The van der Waals surface area contributed by atoms with E-state index in [4.69, 9.17) is 21.4 Å². The smallest absolute Gasteiger partial charge is 0.320 e. The molecule has 0 unspecified atom stereocenters. The molecule has 0 aliphatic rings. The Morgan fingerprint density at radius 2 is 1.83 bits per heavy atom. The molecule has 0 amide bonds. The van der Waals surface area contributed by atoms with E-state index in [1.54, 1.807) is 24.4 Å². The van der Waals surface area contributed by atoms with Crippen LogP contribution in [0.3, 0.4) is 0 Å². The lowest BCUT2D eigenvalue weighted by Gasteiger charge is -2.19. The Morgan fingerprint density at radius 1 is 1.14 bits per heavy atom. The number of aromatic nitrogens is 2. The Bertz CT molecular complexity index is 1080. The van der Waals surface area contributed by atoms with Crippen molar-refractivity contribution in [2.75, 3.05) is 0 Å². The fourth-order valence-electron chi connectivity index (χ4n) is 2.39.